The van der Waals surface area contributed by atoms with Crippen molar-refractivity contribution in [2.75, 3.05) is 11.1 Å². The zero-order valence-electron chi connectivity index (χ0n) is 12.8. The molecule has 0 saturated carbocycles. The number of ether oxygens (including phenoxy) is 1. The molecule has 0 aliphatic rings. The summed E-state index contributed by atoms with van der Waals surface area (Å²) >= 11 is 0. The number of halogens is 1. The van der Waals surface area contributed by atoms with Gasteiger partial charge in [0.25, 0.3) is 0 Å². The lowest BCUT2D eigenvalue weighted by atomic mass is 9.42. The molecule has 1 aromatic carbocycles. The number of aromatic nitrogens is 2. The van der Waals surface area contributed by atoms with Gasteiger partial charge in [0, 0.05) is 16.5 Å². The number of hydrogen-bond acceptors (Lipinski definition) is 7. The van der Waals surface area contributed by atoms with Crippen molar-refractivity contribution in [2.24, 2.45) is 0 Å². The van der Waals surface area contributed by atoms with Crippen molar-refractivity contribution in [3.05, 3.63) is 35.8 Å². The largest absolute Gasteiger partial charge is 0.504 e. The highest BCUT2D eigenvalue weighted by Crippen LogP contribution is 2.27. The maximum atomic E-state index is 13.1. The predicted octanol–water partition coefficient (Wildman–Crippen LogP) is -0.834. The first-order chi connectivity index (χ1) is 11.5. The molecule has 0 aliphatic carbocycles. The minimum Gasteiger partial charge on any atom is -0.504 e. The van der Waals surface area contributed by atoms with E-state index in [1.165, 1.54) is 18.2 Å². The summed E-state index contributed by atoms with van der Waals surface area (Å²) in [5.74, 6) is -1.15. The molecule has 0 bridgehead atoms. The number of aliphatic hydroxyl groups is 1. The molecule has 1 aromatic heterocycles. The van der Waals surface area contributed by atoms with Crippen molar-refractivity contribution >= 4 is 48.8 Å². The molecule has 0 fully saturated rings. The van der Waals surface area contributed by atoms with Crippen LogP contribution < -0.4 is 15.8 Å². The van der Waals surface area contributed by atoms with Gasteiger partial charge in [-0.3, -0.25) is 0 Å². The SMILES string of the molecule is [B]C([B])(O)C([B])([B])Oc1ccc(Nc2ncc(F)c(N)n2)cc1C#N. The van der Waals surface area contributed by atoms with Gasteiger partial charge < -0.3 is 20.9 Å². The van der Waals surface area contributed by atoms with Crippen molar-refractivity contribution in [1.82, 2.24) is 9.97 Å². The van der Waals surface area contributed by atoms with Crippen LogP contribution in [0.4, 0.5) is 21.8 Å². The van der Waals surface area contributed by atoms with Crippen LogP contribution in [0.1, 0.15) is 5.56 Å². The number of hydrogen-bond donors (Lipinski definition) is 3. The standard InChI is InChI=1S/C13H8B4FN5O2/c14-12(15,24)13(16,17)25-9-2-1-7(3-6(9)4-19)22-11-21-5-8(18)10(20)23-11/h1-3,5,24H,(H3,20,21,22,23). The Morgan fingerprint density at radius 2 is 2.00 bits per heavy atom. The van der Waals surface area contributed by atoms with E-state index in [-0.39, 0.29) is 23.1 Å². The number of nitriles is 1. The Labute approximate surface area is 148 Å². The van der Waals surface area contributed by atoms with E-state index in [1.807, 2.05) is 6.07 Å². The van der Waals surface area contributed by atoms with Gasteiger partial charge in [0.2, 0.25) is 5.95 Å². The molecule has 116 valence electrons. The first-order valence-electron chi connectivity index (χ1n) is 6.69. The summed E-state index contributed by atoms with van der Waals surface area (Å²) in [7, 11) is 21.4. The Hall–Kier alpha value is -2.66. The van der Waals surface area contributed by atoms with Crippen molar-refractivity contribution in [1.29, 1.82) is 5.26 Å². The van der Waals surface area contributed by atoms with Crippen LogP contribution in [0.2, 0.25) is 0 Å². The molecular formula is C13H8B4FN5O2. The Morgan fingerprint density at radius 3 is 2.56 bits per heavy atom. The van der Waals surface area contributed by atoms with Crippen LogP contribution in [-0.2, 0) is 0 Å². The molecule has 0 spiro atoms. The Morgan fingerprint density at radius 1 is 1.32 bits per heavy atom. The molecule has 0 aliphatic heterocycles. The lowest BCUT2D eigenvalue weighted by Gasteiger charge is -2.40. The number of benzene rings is 1. The minimum absolute atomic E-state index is 0.00962. The topological polar surface area (TPSA) is 117 Å². The Kier molecular flexibility index (Phi) is 4.99. The van der Waals surface area contributed by atoms with Gasteiger partial charge in [-0.25, -0.2) is 9.37 Å². The molecule has 2 rings (SSSR count). The van der Waals surface area contributed by atoms with E-state index in [1.54, 1.807) is 0 Å². The molecule has 1 heterocycles. The summed E-state index contributed by atoms with van der Waals surface area (Å²) in [6.45, 7) is 0. The van der Waals surface area contributed by atoms with Crippen LogP contribution in [0.3, 0.4) is 0 Å². The van der Waals surface area contributed by atoms with Gasteiger partial charge in [-0.05, 0) is 18.2 Å². The van der Waals surface area contributed by atoms with E-state index in [0.717, 1.165) is 6.20 Å². The quantitative estimate of drug-likeness (QED) is 0.613. The monoisotopic (exact) mass is 329 g/mol. The number of nitrogens with zero attached hydrogens (tertiary/aromatic N) is 3. The number of nitrogens with one attached hydrogen (secondary N) is 1. The molecule has 0 amide bonds. The summed E-state index contributed by atoms with van der Waals surface area (Å²) in [4.78, 5) is 7.40. The zero-order valence-corrected chi connectivity index (χ0v) is 12.8. The lowest BCUT2D eigenvalue weighted by molar-refractivity contribution is 0.0811. The fraction of sp³-hybridized carbons (Fsp3) is 0.154. The van der Waals surface area contributed by atoms with Gasteiger partial charge in [-0.2, -0.15) is 10.2 Å². The highest BCUT2D eigenvalue weighted by molar-refractivity contribution is 6.53. The summed E-state index contributed by atoms with van der Waals surface area (Å²) in [6, 6.07) is 5.99. The summed E-state index contributed by atoms with van der Waals surface area (Å²) in [5.41, 5.74) is 5.71. The smallest absolute Gasteiger partial charge is 0.229 e. The van der Waals surface area contributed by atoms with Crippen LogP contribution in [0.5, 0.6) is 5.75 Å². The van der Waals surface area contributed by atoms with Gasteiger partial charge in [0.05, 0.1) is 11.8 Å². The van der Waals surface area contributed by atoms with Gasteiger partial charge in [-0.1, -0.05) is 0 Å². The maximum Gasteiger partial charge on any atom is 0.229 e. The molecule has 25 heavy (non-hydrogen) atoms. The van der Waals surface area contributed by atoms with E-state index in [4.69, 9.17) is 41.9 Å². The van der Waals surface area contributed by atoms with E-state index < -0.39 is 16.6 Å². The third-order valence-corrected chi connectivity index (χ3v) is 3.03. The Balaban J connectivity index is 2.27. The van der Waals surface area contributed by atoms with Crippen LogP contribution >= 0.6 is 0 Å². The van der Waals surface area contributed by atoms with Gasteiger partial charge in [-0.15, -0.1) is 0 Å². The summed E-state index contributed by atoms with van der Waals surface area (Å²) < 4.78 is 18.2. The van der Waals surface area contributed by atoms with Crippen LogP contribution in [-0.4, -0.2) is 57.3 Å². The van der Waals surface area contributed by atoms with Crippen LogP contribution in [0.25, 0.3) is 0 Å². The first kappa shape index (κ1) is 18.7. The Bertz CT molecular complexity index is 838. The molecule has 7 nitrogen and oxygen atoms in total. The lowest BCUT2D eigenvalue weighted by Crippen LogP contribution is -2.60. The van der Waals surface area contributed by atoms with Gasteiger partial charge in [0.15, 0.2) is 11.6 Å². The van der Waals surface area contributed by atoms with E-state index in [9.17, 15) is 14.8 Å². The molecule has 2 aromatic rings. The average Bonchev–Trinajstić information content (AvgIpc) is 2.51. The number of nitrogen functional groups attached to an aromatic ring is 1. The van der Waals surface area contributed by atoms with Gasteiger partial charge in [0.1, 0.15) is 43.2 Å². The van der Waals surface area contributed by atoms with E-state index >= 15 is 0 Å². The summed E-state index contributed by atoms with van der Waals surface area (Å²) in [6.07, 6.45) is 0.897. The zero-order chi connectivity index (χ0) is 18.8. The minimum atomic E-state index is -2.56. The van der Waals surface area contributed by atoms with E-state index in [2.05, 4.69) is 15.3 Å². The fourth-order valence-corrected chi connectivity index (χ4v) is 1.62. The van der Waals surface area contributed by atoms with Crippen LogP contribution in [0, 0.1) is 17.1 Å². The second-order valence-corrected chi connectivity index (χ2v) is 5.10. The predicted molar refractivity (Wildman–Crippen MR) is 92.2 cm³/mol. The third kappa shape index (κ3) is 4.25. The first-order valence-corrected chi connectivity index (χ1v) is 6.69. The second kappa shape index (κ2) is 6.69. The van der Waals surface area contributed by atoms with Crippen LogP contribution in [0.15, 0.2) is 24.4 Å². The van der Waals surface area contributed by atoms with Crippen molar-refractivity contribution < 1.29 is 14.2 Å². The second-order valence-electron chi connectivity index (χ2n) is 5.10. The van der Waals surface area contributed by atoms with Crippen molar-refractivity contribution in [3.63, 3.8) is 0 Å². The molecule has 0 unspecified atom stereocenters. The van der Waals surface area contributed by atoms with Crippen molar-refractivity contribution in [2.45, 2.75) is 10.8 Å². The fourth-order valence-electron chi connectivity index (χ4n) is 1.62. The molecule has 8 radical (unpaired) electrons. The molecule has 4 N–H and O–H groups in total. The number of rotatable bonds is 5. The highest BCUT2D eigenvalue weighted by atomic mass is 19.1. The van der Waals surface area contributed by atoms with Crippen molar-refractivity contribution in [3.8, 4) is 11.8 Å². The molecule has 0 saturated heterocycles. The number of anilines is 3. The molecule has 12 heteroatoms. The van der Waals surface area contributed by atoms with E-state index in [0.29, 0.717) is 5.69 Å². The molecular weight excluding hydrogens is 320 g/mol. The summed E-state index contributed by atoms with van der Waals surface area (Å²) in [5, 5.41) is 16.5. The average molecular weight is 328 g/mol. The van der Waals surface area contributed by atoms with Gasteiger partial charge >= 0.3 is 0 Å². The molecule has 0 atom stereocenters. The maximum absolute atomic E-state index is 13.1. The third-order valence-electron chi connectivity index (χ3n) is 3.03. The number of nitrogens with two attached hydrogens (primary N) is 1. The highest BCUT2D eigenvalue weighted by Gasteiger charge is 2.35. The normalized spacial score (nSPS) is 11.6.